The largest absolute Gasteiger partial charge is 0.465 e. The van der Waals surface area contributed by atoms with Crippen LogP contribution in [-0.2, 0) is 27.1 Å². The molecule has 0 spiro atoms. The minimum absolute atomic E-state index is 0.320. The monoisotopic (exact) mass is 543 g/mol. The first-order chi connectivity index (χ1) is 18.8. The lowest BCUT2D eigenvalue weighted by Crippen LogP contribution is -2.22. The zero-order chi connectivity index (χ0) is 27.5. The summed E-state index contributed by atoms with van der Waals surface area (Å²) < 4.78 is 10.3. The van der Waals surface area contributed by atoms with Crippen molar-refractivity contribution in [1.29, 1.82) is 0 Å². The summed E-state index contributed by atoms with van der Waals surface area (Å²) in [6.45, 7) is 3.39. The number of imidazole rings is 1. The molecule has 1 atom stereocenters. The van der Waals surface area contributed by atoms with E-state index in [0.29, 0.717) is 28.5 Å². The first kappa shape index (κ1) is 26.4. The maximum atomic E-state index is 12.7. The van der Waals surface area contributed by atoms with Gasteiger partial charge in [0.15, 0.2) is 6.61 Å². The number of benzene rings is 2. The number of anilines is 1. The zero-order valence-electron chi connectivity index (χ0n) is 22.0. The van der Waals surface area contributed by atoms with E-state index in [1.54, 1.807) is 24.3 Å². The third kappa shape index (κ3) is 5.63. The first-order valence-corrected chi connectivity index (χ1v) is 13.5. The van der Waals surface area contributed by atoms with Gasteiger partial charge in [0.25, 0.3) is 5.91 Å². The highest BCUT2D eigenvalue weighted by atomic mass is 32.1. The van der Waals surface area contributed by atoms with Crippen molar-refractivity contribution in [3.8, 4) is 11.4 Å². The number of aromatic nitrogens is 2. The number of esters is 2. The Labute approximate surface area is 230 Å². The van der Waals surface area contributed by atoms with Gasteiger partial charge in [0.05, 0.1) is 23.9 Å². The molecule has 2 N–H and O–H groups in total. The number of nitrogens with one attached hydrogen (secondary N) is 2. The maximum absolute atomic E-state index is 12.7. The van der Waals surface area contributed by atoms with E-state index in [-0.39, 0.29) is 0 Å². The van der Waals surface area contributed by atoms with Gasteiger partial charge in [0, 0.05) is 16.1 Å². The number of aryl methyl sites for hydroxylation is 2. The molecule has 0 fully saturated rings. The van der Waals surface area contributed by atoms with Crippen LogP contribution in [0.4, 0.5) is 5.00 Å². The molecular weight excluding hydrogens is 514 g/mol. The molecule has 1 aliphatic carbocycles. The van der Waals surface area contributed by atoms with Crippen LogP contribution in [0, 0.1) is 13.8 Å². The molecule has 200 valence electrons. The van der Waals surface area contributed by atoms with Crippen LogP contribution in [-0.4, -0.2) is 41.5 Å². The van der Waals surface area contributed by atoms with Crippen LogP contribution in [0.5, 0.6) is 0 Å². The summed E-state index contributed by atoms with van der Waals surface area (Å²) in [7, 11) is 1.33. The van der Waals surface area contributed by atoms with E-state index < -0.39 is 24.5 Å². The van der Waals surface area contributed by atoms with E-state index in [2.05, 4.69) is 27.4 Å². The van der Waals surface area contributed by atoms with Gasteiger partial charge >= 0.3 is 11.9 Å². The zero-order valence-corrected chi connectivity index (χ0v) is 22.8. The normalized spacial score (nSPS) is 14.4. The second-order valence-electron chi connectivity index (χ2n) is 9.55. The summed E-state index contributed by atoms with van der Waals surface area (Å²) in [5, 5.41) is 3.20. The van der Waals surface area contributed by atoms with Gasteiger partial charge in [0.1, 0.15) is 10.8 Å². The fraction of sp³-hybridized carbons (Fsp3) is 0.267. The Morgan fingerprint density at radius 1 is 1.05 bits per heavy atom. The third-order valence-electron chi connectivity index (χ3n) is 7.04. The molecule has 9 heteroatoms. The Morgan fingerprint density at radius 2 is 1.79 bits per heavy atom. The van der Waals surface area contributed by atoms with E-state index in [9.17, 15) is 14.4 Å². The predicted molar refractivity (Wildman–Crippen MR) is 149 cm³/mol. The van der Waals surface area contributed by atoms with Gasteiger partial charge in [-0.25, -0.2) is 14.6 Å². The lowest BCUT2D eigenvalue weighted by Gasteiger charge is -2.22. The van der Waals surface area contributed by atoms with Gasteiger partial charge in [-0.15, -0.1) is 11.3 Å². The van der Waals surface area contributed by atoms with E-state index in [1.165, 1.54) is 24.0 Å². The Bertz CT molecular complexity index is 1500. The Morgan fingerprint density at radius 3 is 2.46 bits per heavy atom. The highest BCUT2D eigenvalue weighted by Crippen LogP contribution is 2.42. The van der Waals surface area contributed by atoms with E-state index in [4.69, 9.17) is 9.47 Å². The topological polar surface area (TPSA) is 110 Å². The van der Waals surface area contributed by atoms with Crippen molar-refractivity contribution in [3.63, 3.8) is 0 Å². The Kier molecular flexibility index (Phi) is 7.60. The van der Waals surface area contributed by atoms with Gasteiger partial charge in [0.2, 0.25) is 0 Å². The molecule has 0 aliphatic heterocycles. The van der Waals surface area contributed by atoms with Gasteiger partial charge < -0.3 is 19.8 Å². The molecular formula is C30H29N3O5S. The minimum Gasteiger partial charge on any atom is -0.465 e. The fourth-order valence-electron chi connectivity index (χ4n) is 4.83. The average Bonchev–Trinajstić information content (AvgIpc) is 3.49. The molecule has 0 radical (unpaired) electrons. The van der Waals surface area contributed by atoms with Crippen LogP contribution in [0.25, 0.3) is 11.4 Å². The number of carbonyl (C=O) groups is 3. The summed E-state index contributed by atoms with van der Waals surface area (Å²) in [5.74, 6) is -0.559. The number of fused-ring (bicyclic) bond motifs is 1. The molecule has 0 saturated carbocycles. The Balaban J connectivity index is 1.24. The third-order valence-corrected chi connectivity index (χ3v) is 8.21. The van der Waals surface area contributed by atoms with Crippen LogP contribution < -0.4 is 5.32 Å². The minimum atomic E-state index is -0.618. The van der Waals surface area contributed by atoms with Crippen molar-refractivity contribution in [2.24, 2.45) is 0 Å². The lowest BCUT2D eigenvalue weighted by molar-refractivity contribution is -0.119. The molecule has 5 rings (SSSR count). The molecule has 2 heterocycles. The highest BCUT2D eigenvalue weighted by molar-refractivity contribution is 7.17. The van der Waals surface area contributed by atoms with Crippen LogP contribution in [0.15, 0.2) is 54.6 Å². The summed E-state index contributed by atoms with van der Waals surface area (Å²) >= 11 is 1.38. The van der Waals surface area contributed by atoms with Crippen LogP contribution in [0.2, 0.25) is 0 Å². The fourth-order valence-corrected chi connectivity index (χ4v) is 6.16. The number of aromatic amines is 1. The van der Waals surface area contributed by atoms with Crippen molar-refractivity contribution in [1.82, 2.24) is 9.97 Å². The molecule has 4 aromatic rings. The maximum Gasteiger partial charge on any atom is 0.341 e. The van der Waals surface area contributed by atoms with Gasteiger partial charge in [-0.3, -0.25) is 4.79 Å². The molecule has 2 aromatic heterocycles. The number of H-pyrrole nitrogens is 1. The molecule has 0 saturated heterocycles. The van der Waals surface area contributed by atoms with Crippen LogP contribution in [0.1, 0.15) is 60.4 Å². The van der Waals surface area contributed by atoms with E-state index >= 15 is 0 Å². The molecule has 0 bridgehead atoms. The standard InChI is InChI=1S/C30H29N3O5S/c1-17-18(2)32-27(31-17)20-9-11-21(12-10-20)29(35)38-16-25(34)33-28-26(30(36)37-3)23-14-13-22(15-24(23)39-28)19-7-5-4-6-8-19/h4-12,22H,13-16H2,1-3H3,(H,31,32)(H,33,34). The number of hydrogen-bond acceptors (Lipinski definition) is 7. The van der Waals surface area contributed by atoms with Crippen molar-refractivity contribution in [3.05, 3.63) is 93.1 Å². The lowest BCUT2D eigenvalue weighted by atomic mass is 9.83. The molecule has 8 nitrogen and oxygen atoms in total. The second kappa shape index (κ2) is 11.2. The quantitative estimate of drug-likeness (QED) is 0.293. The molecule has 1 unspecified atom stereocenters. The second-order valence-corrected chi connectivity index (χ2v) is 10.7. The Hall–Kier alpha value is -4.24. The number of ether oxygens (including phenoxy) is 2. The number of nitrogens with zero attached hydrogens (tertiary/aromatic N) is 1. The van der Waals surface area contributed by atoms with Crippen LogP contribution >= 0.6 is 11.3 Å². The van der Waals surface area contributed by atoms with E-state index in [1.807, 2.05) is 32.0 Å². The highest BCUT2D eigenvalue weighted by Gasteiger charge is 2.30. The smallest absolute Gasteiger partial charge is 0.341 e. The molecule has 1 amide bonds. The molecule has 1 aliphatic rings. The number of carbonyl (C=O) groups excluding carboxylic acids is 3. The predicted octanol–water partition coefficient (Wildman–Crippen LogP) is 5.61. The average molecular weight is 544 g/mol. The van der Waals surface area contributed by atoms with Gasteiger partial charge in [-0.1, -0.05) is 42.5 Å². The first-order valence-electron chi connectivity index (χ1n) is 12.7. The van der Waals surface area contributed by atoms with Crippen LogP contribution in [0.3, 0.4) is 0 Å². The summed E-state index contributed by atoms with van der Waals surface area (Å²) in [6, 6.07) is 17.1. The van der Waals surface area contributed by atoms with Crippen molar-refractivity contribution >= 4 is 34.2 Å². The molecule has 2 aromatic carbocycles. The number of hydrogen-bond donors (Lipinski definition) is 2. The number of rotatable bonds is 7. The van der Waals surface area contributed by atoms with Crippen molar-refractivity contribution < 1.29 is 23.9 Å². The molecule has 39 heavy (non-hydrogen) atoms. The van der Waals surface area contributed by atoms with Gasteiger partial charge in [-0.2, -0.15) is 0 Å². The van der Waals surface area contributed by atoms with Gasteiger partial charge in [-0.05, 0) is 62.3 Å². The summed E-state index contributed by atoms with van der Waals surface area (Å²) in [5.41, 5.74) is 5.63. The number of methoxy groups -OCH3 is 1. The SMILES string of the molecule is COC(=O)c1c(NC(=O)COC(=O)c2ccc(-c3nc(C)c(C)[nH]3)cc2)sc2c1CCC(c1ccccc1)C2. The van der Waals surface area contributed by atoms with Crippen molar-refractivity contribution in [2.45, 2.75) is 39.0 Å². The summed E-state index contributed by atoms with van der Waals surface area (Å²) in [6.07, 6.45) is 2.40. The van der Waals surface area contributed by atoms with Crippen molar-refractivity contribution in [2.75, 3.05) is 19.0 Å². The van der Waals surface area contributed by atoms with E-state index in [0.717, 1.165) is 46.1 Å². The number of amides is 1. The number of thiophene rings is 1. The summed E-state index contributed by atoms with van der Waals surface area (Å²) in [4.78, 5) is 46.7.